The lowest BCUT2D eigenvalue weighted by atomic mass is 10.1. The highest BCUT2D eigenvalue weighted by molar-refractivity contribution is 8.18. The van der Waals surface area contributed by atoms with Gasteiger partial charge in [0.2, 0.25) is 12.7 Å². The number of hydrogen-bond acceptors (Lipinski definition) is 7. The summed E-state index contributed by atoms with van der Waals surface area (Å²) in [6.07, 6.45) is 1.57. The maximum atomic E-state index is 12.8. The first-order chi connectivity index (χ1) is 15.4. The van der Waals surface area contributed by atoms with Gasteiger partial charge in [-0.15, -0.1) is 0 Å². The number of carbonyl (C=O) groups excluding carboxylic acids is 3. The van der Waals surface area contributed by atoms with Gasteiger partial charge in [-0.1, -0.05) is 6.07 Å². The molecule has 2 aromatic carbocycles. The molecule has 0 unspecified atom stereocenters. The third kappa shape index (κ3) is 4.43. The van der Waals surface area contributed by atoms with E-state index in [1.54, 1.807) is 24.3 Å². The second-order valence-electron chi connectivity index (χ2n) is 7.29. The number of anilines is 1. The molecule has 0 spiro atoms. The molecule has 0 saturated carbocycles. The molecule has 2 heterocycles. The Bertz CT molecular complexity index is 1140. The number of amides is 3. The van der Waals surface area contributed by atoms with Crippen LogP contribution in [0.3, 0.4) is 0 Å². The van der Waals surface area contributed by atoms with E-state index in [4.69, 9.17) is 14.2 Å². The Labute approximate surface area is 189 Å². The standard InChI is InChI=1S/C23H22N2O6S/c1-4-29-17-10-19-18(30-12-31-19)8-15(17)9-20-22(27)25(23(28)32-20)11-21(26)24-16-6-5-13(2)14(3)7-16/h5-10H,4,11-12H2,1-3H3,(H,24,26)/b20-9+. The maximum absolute atomic E-state index is 12.8. The monoisotopic (exact) mass is 454 g/mol. The number of ether oxygens (including phenoxy) is 3. The first kappa shape index (κ1) is 21.8. The fraction of sp³-hybridized carbons (Fsp3) is 0.261. The van der Waals surface area contributed by atoms with Crippen molar-refractivity contribution in [3.63, 3.8) is 0 Å². The van der Waals surface area contributed by atoms with Crippen LogP contribution in [0.4, 0.5) is 10.5 Å². The van der Waals surface area contributed by atoms with Crippen molar-refractivity contribution in [1.29, 1.82) is 0 Å². The minimum absolute atomic E-state index is 0.108. The predicted octanol–water partition coefficient (Wildman–Crippen LogP) is 4.11. The van der Waals surface area contributed by atoms with Gasteiger partial charge in [0.15, 0.2) is 11.5 Å². The third-order valence-electron chi connectivity index (χ3n) is 5.06. The summed E-state index contributed by atoms with van der Waals surface area (Å²) < 4.78 is 16.4. The molecule has 0 atom stereocenters. The van der Waals surface area contributed by atoms with Gasteiger partial charge in [-0.25, -0.2) is 0 Å². The van der Waals surface area contributed by atoms with Crippen LogP contribution in [0.2, 0.25) is 0 Å². The van der Waals surface area contributed by atoms with Crippen LogP contribution in [0.5, 0.6) is 17.2 Å². The zero-order valence-corrected chi connectivity index (χ0v) is 18.7. The molecule has 9 heteroatoms. The van der Waals surface area contributed by atoms with Crippen molar-refractivity contribution in [2.45, 2.75) is 20.8 Å². The first-order valence-corrected chi connectivity index (χ1v) is 10.9. The van der Waals surface area contributed by atoms with Crippen molar-refractivity contribution in [2.75, 3.05) is 25.3 Å². The number of rotatable bonds is 6. The number of nitrogens with one attached hydrogen (secondary N) is 1. The summed E-state index contributed by atoms with van der Waals surface area (Å²) in [6, 6.07) is 8.92. The van der Waals surface area contributed by atoms with Crippen molar-refractivity contribution in [2.24, 2.45) is 0 Å². The molecule has 1 fully saturated rings. The molecule has 0 aromatic heterocycles. The van der Waals surface area contributed by atoms with Gasteiger partial charge < -0.3 is 19.5 Å². The molecule has 2 aliphatic heterocycles. The van der Waals surface area contributed by atoms with Crippen molar-refractivity contribution in [3.05, 3.63) is 51.9 Å². The first-order valence-electron chi connectivity index (χ1n) is 10.0. The summed E-state index contributed by atoms with van der Waals surface area (Å²) >= 11 is 0.780. The van der Waals surface area contributed by atoms with Crippen LogP contribution < -0.4 is 19.5 Å². The third-order valence-corrected chi connectivity index (χ3v) is 5.96. The molecule has 4 rings (SSSR count). The van der Waals surface area contributed by atoms with Crippen molar-refractivity contribution >= 4 is 40.6 Å². The van der Waals surface area contributed by atoms with E-state index < -0.39 is 17.1 Å². The Balaban J connectivity index is 1.51. The minimum atomic E-state index is -0.532. The van der Waals surface area contributed by atoms with Gasteiger partial charge in [0.25, 0.3) is 11.1 Å². The zero-order valence-electron chi connectivity index (χ0n) is 17.9. The molecule has 32 heavy (non-hydrogen) atoms. The molecule has 3 amide bonds. The Morgan fingerprint density at radius 2 is 1.91 bits per heavy atom. The van der Waals surface area contributed by atoms with Gasteiger partial charge in [0.1, 0.15) is 12.3 Å². The lowest BCUT2D eigenvalue weighted by molar-refractivity contribution is -0.127. The number of aryl methyl sites for hydroxylation is 2. The van der Waals surface area contributed by atoms with Crippen LogP contribution in [0.15, 0.2) is 35.2 Å². The lowest BCUT2D eigenvalue weighted by Gasteiger charge is -2.13. The topological polar surface area (TPSA) is 94.2 Å². The number of thioether (sulfide) groups is 1. The molecule has 2 aliphatic rings. The fourth-order valence-electron chi connectivity index (χ4n) is 3.27. The van der Waals surface area contributed by atoms with Gasteiger partial charge in [0.05, 0.1) is 11.5 Å². The lowest BCUT2D eigenvalue weighted by Crippen LogP contribution is -2.36. The minimum Gasteiger partial charge on any atom is -0.493 e. The molecule has 166 valence electrons. The highest BCUT2D eigenvalue weighted by atomic mass is 32.2. The van der Waals surface area contributed by atoms with Crippen molar-refractivity contribution in [1.82, 2.24) is 4.90 Å². The second-order valence-corrected chi connectivity index (χ2v) is 8.28. The van der Waals surface area contributed by atoms with Crippen LogP contribution in [-0.4, -0.2) is 41.9 Å². The van der Waals surface area contributed by atoms with Crippen molar-refractivity contribution < 1.29 is 28.6 Å². The van der Waals surface area contributed by atoms with E-state index in [0.717, 1.165) is 27.8 Å². The SMILES string of the molecule is CCOc1cc2c(cc1/C=C1/SC(=O)N(CC(=O)Nc3ccc(C)c(C)c3)C1=O)OCO2. The Kier molecular flexibility index (Phi) is 6.09. The number of benzene rings is 2. The molecule has 1 N–H and O–H groups in total. The smallest absolute Gasteiger partial charge is 0.294 e. The van der Waals surface area contributed by atoms with Gasteiger partial charge >= 0.3 is 0 Å². The van der Waals surface area contributed by atoms with E-state index in [1.807, 2.05) is 32.9 Å². The number of imide groups is 1. The highest BCUT2D eigenvalue weighted by Gasteiger charge is 2.36. The number of hydrogen-bond donors (Lipinski definition) is 1. The number of nitrogens with zero attached hydrogens (tertiary/aromatic N) is 1. The van der Waals surface area contributed by atoms with Gasteiger partial charge in [0, 0.05) is 17.3 Å². The summed E-state index contributed by atoms with van der Waals surface area (Å²) in [5, 5.41) is 2.23. The van der Waals surface area contributed by atoms with Crippen LogP contribution in [0.25, 0.3) is 6.08 Å². The van der Waals surface area contributed by atoms with E-state index >= 15 is 0 Å². The average molecular weight is 455 g/mol. The van der Waals surface area contributed by atoms with E-state index in [1.165, 1.54) is 0 Å². The van der Waals surface area contributed by atoms with Gasteiger partial charge in [-0.2, -0.15) is 0 Å². The Morgan fingerprint density at radius 3 is 2.62 bits per heavy atom. The highest BCUT2D eigenvalue weighted by Crippen LogP contribution is 2.41. The Morgan fingerprint density at radius 1 is 1.16 bits per heavy atom. The van der Waals surface area contributed by atoms with Crippen LogP contribution >= 0.6 is 11.8 Å². The van der Waals surface area contributed by atoms with E-state index in [-0.39, 0.29) is 18.2 Å². The molecule has 0 radical (unpaired) electrons. The fourth-order valence-corrected chi connectivity index (χ4v) is 4.10. The molecule has 0 bridgehead atoms. The second kappa shape index (κ2) is 8.96. The molecule has 0 aliphatic carbocycles. The van der Waals surface area contributed by atoms with Crippen LogP contribution in [0.1, 0.15) is 23.6 Å². The van der Waals surface area contributed by atoms with E-state index in [9.17, 15) is 14.4 Å². The zero-order chi connectivity index (χ0) is 22.8. The molecule has 2 aromatic rings. The Hall–Kier alpha value is -3.46. The van der Waals surface area contributed by atoms with Crippen LogP contribution in [-0.2, 0) is 9.59 Å². The average Bonchev–Trinajstić information content (AvgIpc) is 3.30. The largest absolute Gasteiger partial charge is 0.493 e. The quantitative estimate of drug-likeness (QED) is 0.657. The summed E-state index contributed by atoms with van der Waals surface area (Å²) in [4.78, 5) is 38.9. The van der Waals surface area contributed by atoms with Gasteiger partial charge in [-0.3, -0.25) is 19.3 Å². The summed E-state index contributed by atoms with van der Waals surface area (Å²) in [7, 11) is 0. The summed E-state index contributed by atoms with van der Waals surface area (Å²) in [5.74, 6) is 0.620. The van der Waals surface area contributed by atoms with Crippen molar-refractivity contribution in [3.8, 4) is 17.2 Å². The normalized spacial score (nSPS) is 16.1. The summed E-state index contributed by atoms with van der Waals surface area (Å²) in [5.41, 5.74) is 3.34. The van der Waals surface area contributed by atoms with E-state index in [2.05, 4.69) is 5.32 Å². The predicted molar refractivity (Wildman–Crippen MR) is 121 cm³/mol. The number of carbonyl (C=O) groups is 3. The molecular formula is C23H22N2O6S. The molecule has 8 nitrogen and oxygen atoms in total. The van der Waals surface area contributed by atoms with Gasteiger partial charge in [-0.05, 0) is 67.9 Å². The van der Waals surface area contributed by atoms with E-state index in [0.29, 0.717) is 35.1 Å². The summed E-state index contributed by atoms with van der Waals surface area (Å²) in [6.45, 7) is 5.92. The molecule has 1 saturated heterocycles. The molecular weight excluding hydrogens is 432 g/mol. The van der Waals surface area contributed by atoms with Crippen LogP contribution in [0, 0.1) is 13.8 Å². The maximum Gasteiger partial charge on any atom is 0.294 e. The number of fused-ring (bicyclic) bond motifs is 1.